The third kappa shape index (κ3) is 6.28. The van der Waals surface area contributed by atoms with Gasteiger partial charge >= 0.3 is 0 Å². The van der Waals surface area contributed by atoms with Gasteiger partial charge in [-0.2, -0.15) is 5.26 Å². The Bertz CT molecular complexity index is 518. The Hall–Kier alpha value is -2.06. The molecule has 114 valence electrons. The molecule has 1 rings (SSSR count). The summed E-state index contributed by atoms with van der Waals surface area (Å²) in [6.45, 7) is 5.56. The van der Waals surface area contributed by atoms with Crippen LogP contribution in [0.4, 0.5) is 0 Å². The molecule has 0 saturated heterocycles. The summed E-state index contributed by atoms with van der Waals surface area (Å²) in [4.78, 5) is 13.9. The van der Waals surface area contributed by atoms with E-state index >= 15 is 0 Å². The molecule has 1 N–H and O–H groups in total. The fraction of sp³-hybridized carbons (Fsp3) is 0.500. The molecule has 1 amide bonds. The molecule has 0 bridgehead atoms. The molecule has 1 aromatic carbocycles. The second-order valence-electron chi connectivity index (χ2n) is 6.08. The van der Waals surface area contributed by atoms with E-state index in [-0.39, 0.29) is 17.9 Å². The standard InChI is InChI=1S/C16H23N3O2/c1-16(2,12-19(3)4)11-18-15(20)10-21-14-8-6-5-7-13(14)9-17/h5-8H,10-12H2,1-4H3,(H,18,20). The Kier molecular flexibility index (Phi) is 6.19. The second-order valence-corrected chi connectivity index (χ2v) is 6.08. The summed E-state index contributed by atoms with van der Waals surface area (Å²) in [5, 5.41) is 11.8. The summed E-state index contributed by atoms with van der Waals surface area (Å²) >= 11 is 0. The zero-order valence-electron chi connectivity index (χ0n) is 13.1. The molecule has 0 aliphatic rings. The molecule has 0 atom stereocenters. The lowest BCUT2D eigenvalue weighted by Gasteiger charge is -2.28. The number of rotatable bonds is 7. The highest BCUT2D eigenvalue weighted by Crippen LogP contribution is 2.16. The molecule has 0 saturated carbocycles. The molecule has 21 heavy (non-hydrogen) atoms. The summed E-state index contributed by atoms with van der Waals surface area (Å²) in [7, 11) is 4.01. The molecule has 0 aromatic heterocycles. The van der Waals surface area contributed by atoms with Crippen molar-refractivity contribution in [1.29, 1.82) is 5.26 Å². The number of nitriles is 1. The van der Waals surface area contributed by atoms with Crippen LogP contribution < -0.4 is 10.1 Å². The van der Waals surface area contributed by atoms with Crippen LogP contribution in [0, 0.1) is 16.7 Å². The van der Waals surface area contributed by atoms with E-state index in [0.717, 1.165) is 6.54 Å². The Labute approximate surface area is 126 Å². The third-order valence-electron chi connectivity index (χ3n) is 2.87. The van der Waals surface area contributed by atoms with Crippen molar-refractivity contribution in [2.24, 2.45) is 5.41 Å². The van der Waals surface area contributed by atoms with Crippen molar-refractivity contribution in [3.63, 3.8) is 0 Å². The topological polar surface area (TPSA) is 65.4 Å². The first-order valence-electron chi connectivity index (χ1n) is 6.87. The van der Waals surface area contributed by atoms with Crippen molar-refractivity contribution in [3.05, 3.63) is 29.8 Å². The Morgan fingerprint density at radius 3 is 2.67 bits per heavy atom. The summed E-state index contributed by atoms with van der Waals surface area (Å²) in [5.74, 6) is 0.247. The fourth-order valence-electron chi connectivity index (χ4n) is 2.13. The summed E-state index contributed by atoms with van der Waals surface area (Å²) in [6.07, 6.45) is 0. The number of hydrogen-bond acceptors (Lipinski definition) is 4. The van der Waals surface area contributed by atoms with E-state index in [1.165, 1.54) is 0 Å². The van der Waals surface area contributed by atoms with Gasteiger partial charge in [-0.25, -0.2) is 0 Å². The zero-order chi connectivity index (χ0) is 15.9. The minimum atomic E-state index is -0.186. The molecule has 0 fully saturated rings. The van der Waals surface area contributed by atoms with Crippen molar-refractivity contribution >= 4 is 5.91 Å². The Balaban J connectivity index is 2.43. The molecule has 1 aromatic rings. The smallest absolute Gasteiger partial charge is 0.257 e. The predicted octanol–water partition coefficient (Wildman–Crippen LogP) is 1.64. The minimum absolute atomic E-state index is 0.0102. The molecular weight excluding hydrogens is 266 g/mol. The van der Waals surface area contributed by atoms with Crippen LogP contribution in [0.15, 0.2) is 24.3 Å². The van der Waals surface area contributed by atoms with Gasteiger partial charge in [0.1, 0.15) is 11.8 Å². The maximum Gasteiger partial charge on any atom is 0.257 e. The number of ether oxygens (including phenoxy) is 1. The van der Waals surface area contributed by atoms with E-state index in [0.29, 0.717) is 17.9 Å². The van der Waals surface area contributed by atoms with Gasteiger partial charge in [-0.05, 0) is 31.6 Å². The maximum absolute atomic E-state index is 11.8. The molecule has 0 radical (unpaired) electrons. The SMILES string of the molecule is CN(C)CC(C)(C)CNC(=O)COc1ccccc1C#N. The molecule has 0 unspecified atom stereocenters. The molecule has 5 heteroatoms. The number of carbonyl (C=O) groups is 1. The third-order valence-corrected chi connectivity index (χ3v) is 2.87. The van der Waals surface area contributed by atoms with Gasteiger partial charge in [0, 0.05) is 13.1 Å². The van der Waals surface area contributed by atoms with Crippen LogP contribution in [-0.4, -0.2) is 44.6 Å². The van der Waals surface area contributed by atoms with Crippen LogP contribution in [0.1, 0.15) is 19.4 Å². The van der Waals surface area contributed by atoms with Crippen molar-refractivity contribution in [1.82, 2.24) is 10.2 Å². The van der Waals surface area contributed by atoms with Crippen LogP contribution in [0.25, 0.3) is 0 Å². The van der Waals surface area contributed by atoms with Crippen molar-refractivity contribution in [2.75, 3.05) is 33.8 Å². The Morgan fingerprint density at radius 1 is 1.38 bits per heavy atom. The number of amides is 1. The van der Waals surface area contributed by atoms with Gasteiger partial charge in [-0.15, -0.1) is 0 Å². The van der Waals surface area contributed by atoms with E-state index < -0.39 is 0 Å². The highest BCUT2D eigenvalue weighted by molar-refractivity contribution is 5.77. The van der Waals surface area contributed by atoms with Gasteiger partial charge in [-0.1, -0.05) is 26.0 Å². The lowest BCUT2D eigenvalue weighted by molar-refractivity contribution is -0.123. The van der Waals surface area contributed by atoms with Gasteiger partial charge in [0.15, 0.2) is 6.61 Å². The van der Waals surface area contributed by atoms with Gasteiger partial charge in [-0.3, -0.25) is 4.79 Å². The van der Waals surface area contributed by atoms with Gasteiger partial charge in [0.25, 0.3) is 5.91 Å². The number of nitrogens with one attached hydrogen (secondary N) is 1. The summed E-state index contributed by atoms with van der Waals surface area (Å²) in [5.41, 5.74) is 0.419. The van der Waals surface area contributed by atoms with Crippen molar-refractivity contribution in [3.8, 4) is 11.8 Å². The van der Waals surface area contributed by atoms with Crippen LogP contribution in [0.5, 0.6) is 5.75 Å². The quantitative estimate of drug-likeness (QED) is 0.829. The molecule has 5 nitrogen and oxygen atoms in total. The summed E-state index contributed by atoms with van der Waals surface area (Å²) in [6, 6.07) is 8.91. The first-order chi connectivity index (χ1) is 9.84. The monoisotopic (exact) mass is 289 g/mol. The highest BCUT2D eigenvalue weighted by Gasteiger charge is 2.19. The normalized spacial score (nSPS) is 11.0. The first-order valence-corrected chi connectivity index (χ1v) is 6.87. The molecule has 0 spiro atoms. The van der Waals surface area contributed by atoms with E-state index in [2.05, 4.69) is 24.1 Å². The maximum atomic E-state index is 11.8. The van der Waals surface area contributed by atoms with Gasteiger partial charge in [0.2, 0.25) is 0 Å². The number of nitrogens with zero attached hydrogens (tertiary/aromatic N) is 2. The van der Waals surface area contributed by atoms with Gasteiger partial charge < -0.3 is 15.0 Å². The average Bonchev–Trinajstić information content (AvgIpc) is 2.42. The van der Waals surface area contributed by atoms with Gasteiger partial charge in [0.05, 0.1) is 5.56 Å². The van der Waals surface area contributed by atoms with Crippen LogP contribution >= 0.6 is 0 Å². The van der Waals surface area contributed by atoms with E-state index in [1.54, 1.807) is 24.3 Å². The minimum Gasteiger partial charge on any atom is -0.482 e. The number of benzene rings is 1. The van der Waals surface area contributed by atoms with E-state index in [4.69, 9.17) is 10.00 Å². The van der Waals surface area contributed by atoms with E-state index in [1.807, 2.05) is 20.2 Å². The lowest BCUT2D eigenvalue weighted by Crippen LogP contribution is -2.41. The lowest BCUT2D eigenvalue weighted by atomic mass is 9.93. The Morgan fingerprint density at radius 2 is 2.05 bits per heavy atom. The van der Waals surface area contributed by atoms with Crippen LogP contribution in [0.2, 0.25) is 0 Å². The van der Waals surface area contributed by atoms with E-state index in [9.17, 15) is 4.79 Å². The molecule has 0 aliphatic heterocycles. The fourth-order valence-corrected chi connectivity index (χ4v) is 2.13. The average molecular weight is 289 g/mol. The zero-order valence-corrected chi connectivity index (χ0v) is 13.1. The largest absolute Gasteiger partial charge is 0.482 e. The van der Waals surface area contributed by atoms with Crippen molar-refractivity contribution < 1.29 is 9.53 Å². The number of para-hydroxylation sites is 1. The number of carbonyl (C=O) groups excluding carboxylic acids is 1. The molecule has 0 aliphatic carbocycles. The highest BCUT2D eigenvalue weighted by atomic mass is 16.5. The second kappa shape index (κ2) is 7.65. The van der Waals surface area contributed by atoms with Crippen molar-refractivity contribution in [2.45, 2.75) is 13.8 Å². The first kappa shape index (κ1) is 17.0. The summed E-state index contributed by atoms with van der Waals surface area (Å²) < 4.78 is 5.39. The molecule has 0 heterocycles. The number of hydrogen-bond donors (Lipinski definition) is 1. The molecular formula is C16H23N3O2. The van der Waals surface area contributed by atoms with Crippen LogP contribution in [-0.2, 0) is 4.79 Å². The predicted molar refractivity (Wildman–Crippen MR) is 82.0 cm³/mol. The van der Waals surface area contributed by atoms with Crippen LogP contribution in [0.3, 0.4) is 0 Å².